The van der Waals surface area contributed by atoms with Crippen molar-refractivity contribution in [1.29, 1.82) is 0 Å². The lowest BCUT2D eigenvalue weighted by Gasteiger charge is -2.23. The molecule has 0 saturated carbocycles. The first kappa shape index (κ1) is 13.1. The van der Waals surface area contributed by atoms with Crippen LogP contribution in [0.2, 0.25) is 0 Å². The zero-order valence-corrected chi connectivity index (χ0v) is 10.9. The standard InChI is InChI=1S/C15H21NO2/c1-12-4-2-5-13(10-12)7-8-15(18)16-9-3-6-14(16)11-17/h2,4-5,10,14,17H,3,6-9,11H2,1H3/t14-/m0/s1. The molecule has 1 aliphatic heterocycles. The van der Waals surface area contributed by atoms with Crippen LogP contribution in [-0.2, 0) is 11.2 Å². The Hall–Kier alpha value is -1.35. The van der Waals surface area contributed by atoms with Gasteiger partial charge in [-0.05, 0) is 31.7 Å². The molecule has 98 valence electrons. The van der Waals surface area contributed by atoms with Gasteiger partial charge in [0.05, 0.1) is 12.6 Å². The van der Waals surface area contributed by atoms with Crippen LogP contribution in [0.4, 0.5) is 0 Å². The largest absolute Gasteiger partial charge is 0.394 e. The molecular formula is C15H21NO2. The Morgan fingerprint density at radius 2 is 2.33 bits per heavy atom. The van der Waals surface area contributed by atoms with Crippen LogP contribution in [0, 0.1) is 6.92 Å². The van der Waals surface area contributed by atoms with Crippen molar-refractivity contribution >= 4 is 5.91 Å². The van der Waals surface area contributed by atoms with E-state index in [4.69, 9.17) is 0 Å². The van der Waals surface area contributed by atoms with Crippen LogP contribution in [0.5, 0.6) is 0 Å². The molecule has 0 aliphatic carbocycles. The molecule has 1 heterocycles. The molecular weight excluding hydrogens is 226 g/mol. The fourth-order valence-corrected chi connectivity index (χ4v) is 2.62. The molecule has 3 nitrogen and oxygen atoms in total. The van der Waals surface area contributed by atoms with Gasteiger partial charge in [0.1, 0.15) is 0 Å². The van der Waals surface area contributed by atoms with Gasteiger partial charge in [-0.2, -0.15) is 0 Å². The van der Waals surface area contributed by atoms with Crippen LogP contribution in [0.15, 0.2) is 24.3 Å². The number of hydrogen-bond donors (Lipinski definition) is 1. The Balaban J connectivity index is 1.88. The van der Waals surface area contributed by atoms with Gasteiger partial charge in [-0.1, -0.05) is 29.8 Å². The number of benzene rings is 1. The third-order valence-electron chi connectivity index (χ3n) is 3.62. The monoisotopic (exact) mass is 247 g/mol. The molecule has 0 aromatic heterocycles. The van der Waals surface area contributed by atoms with Crippen molar-refractivity contribution in [2.24, 2.45) is 0 Å². The number of aliphatic hydroxyl groups is 1. The highest BCUT2D eigenvalue weighted by Gasteiger charge is 2.27. The van der Waals surface area contributed by atoms with Crippen molar-refractivity contribution in [3.8, 4) is 0 Å². The topological polar surface area (TPSA) is 40.5 Å². The number of aliphatic hydroxyl groups excluding tert-OH is 1. The van der Waals surface area contributed by atoms with Gasteiger partial charge < -0.3 is 10.0 Å². The van der Waals surface area contributed by atoms with Crippen molar-refractivity contribution in [3.63, 3.8) is 0 Å². The second kappa shape index (κ2) is 6.01. The van der Waals surface area contributed by atoms with Crippen molar-refractivity contribution in [2.45, 2.75) is 38.6 Å². The lowest BCUT2D eigenvalue weighted by atomic mass is 10.1. The summed E-state index contributed by atoms with van der Waals surface area (Å²) >= 11 is 0. The average molecular weight is 247 g/mol. The molecule has 1 amide bonds. The van der Waals surface area contributed by atoms with Gasteiger partial charge >= 0.3 is 0 Å². The van der Waals surface area contributed by atoms with Crippen LogP contribution < -0.4 is 0 Å². The van der Waals surface area contributed by atoms with Gasteiger partial charge in [-0.25, -0.2) is 0 Å². The Morgan fingerprint density at radius 1 is 1.50 bits per heavy atom. The molecule has 0 spiro atoms. The number of amides is 1. The molecule has 1 aliphatic rings. The molecule has 1 saturated heterocycles. The quantitative estimate of drug-likeness (QED) is 0.883. The molecule has 2 rings (SSSR count). The van der Waals surface area contributed by atoms with E-state index in [9.17, 15) is 9.90 Å². The number of aryl methyl sites for hydroxylation is 2. The number of carbonyl (C=O) groups excluding carboxylic acids is 1. The van der Waals surface area contributed by atoms with Gasteiger partial charge in [0.2, 0.25) is 5.91 Å². The Bertz CT molecular complexity index is 417. The number of carbonyl (C=O) groups is 1. The molecule has 3 heteroatoms. The summed E-state index contributed by atoms with van der Waals surface area (Å²) in [5.41, 5.74) is 2.44. The highest BCUT2D eigenvalue weighted by atomic mass is 16.3. The lowest BCUT2D eigenvalue weighted by molar-refractivity contribution is -0.132. The predicted octanol–water partition coefficient (Wildman–Crippen LogP) is 1.91. The van der Waals surface area contributed by atoms with Gasteiger partial charge in [0.25, 0.3) is 0 Å². The minimum Gasteiger partial charge on any atom is -0.394 e. The number of hydrogen-bond acceptors (Lipinski definition) is 2. The van der Waals surface area contributed by atoms with Crippen LogP contribution in [-0.4, -0.2) is 35.1 Å². The maximum atomic E-state index is 12.1. The van der Waals surface area contributed by atoms with Crippen molar-refractivity contribution < 1.29 is 9.90 Å². The summed E-state index contributed by atoms with van der Waals surface area (Å²) in [5.74, 6) is 0.174. The molecule has 1 N–H and O–H groups in total. The zero-order chi connectivity index (χ0) is 13.0. The highest BCUT2D eigenvalue weighted by molar-refractivity contribution is 5.77. The third kappa shape index (κ3) is 3.10. The van der Waals surface area contributed by atoms with Gasteiger partial charge in [-0.15, -0.1) is 0 Å². The minimum absolute atomic E-state index is 0.0509. The summed E-state index contributed by atoms with van der Waals surface area (Å²) in [7, 11) is 0. The third-order valence-corrected chi connectivity index (χ3v) is 3.62. The molecule has 18 heavy (non-hydrogen) atoms. The number of rotatable bonds is 4. The summed E-state index contributed by atoms with van der Waals surface area (Å²) in [4.78, 5) is 13.9. The van der Waals surface area contributed by atoms with Crippen molar-refractivity contribution in [3.05, 3.63) is 35.4 Å². The average Bonchev–Trinajstić information content (AvgIpc) is 2.84. The summed E-state index contributed by atoms with van der Waals surface area (Å²) in [6.45, 7) is 2.96. The molecule has 0 unspecified atom stereocenters. The smallest absolute Gasteiger partial charge is 0.223 e. The van der Waals surface area contributed by atoms with Crippen LogP contribution >= 0.6 is 0 Å². The van der Waals surface area contributed by atoms with E-state index in [1.54, 1.807) is 0 Å². The fourth-order valence-electron chi connectivity index (χ4n) is 2.62. The molecule has 1 aromatic carbocycles. The van der Waals surface area contributed by atoms with E-state index in [1.165, 1.54) is 11.1 Å². The van der Waals surface area contributed by atoms with E-state index in [-0.39, 0.29) is 18.6 Å². The number of nitrogens with zero attached hydrogens (tertiary/aromatic N) is 1. The lowest BCUT2D eigenvalue weighted by Crippen LogP contribution is -2.37. The zero-order valence-electron chi connectivity index (χ0n) is 10.9. The predicted molar refractivity (Wildman–Crippen MR) is 71.3 cm³/mol. The van der Waals surface area contributed by atoms with E-state index >= 15 is 0 Å². The maximum absolute atomic E-state index is 12.1. The number of likely N-dealkylation sites (tertiary alicyclic amines) is 1. The maximum Gasteiger partial charge on any atom is 0.223 e. The van der Waals surface area contributed by atoms with Gasteiger partial charge in [0, 0.05) is 13.0 Å². The summed E-state index contributed by atoms with van der Waals surface area (Å²) in [6, 6.07) is 8.33. The van der Waals surface area contributed by atoms with E-state index in [1.807, 2.05) is 11.0 Å². The first-order valence-corrected chi connectivity index (χ1v) is 6.66. The normalized spacial score (nSPS) is 19.2. The summed E-state index contributed by atoms with van der Waals surface area (Å²) in [5, 5.41) is 9.21. The Labute approximate surface area is 108 Å². The van der Waals surface area contributed by atoms with Crippen LogP contribution in [0.3, 0.4) is 0 Å². The van der Waals surface area contributed by atoms with Gasteiger partial charge in [0.15, 0.2) is 0 Å². The second-order valence-corrected chi connectivity index (χ2v) is 5.05. The van der Waals surface area contributed by atoms with Crippen LogP contribution in [0.25, 0.3) is 0 Å². The van der Waals surface area contributed by atoms with Gasteiger partial charge in [-0.3, -0.25) is 4.79 Å². The highest BCUT2D eigenvalue weighted by Crippen LogP contribution is 2.18. The van der Waals surface area contributed by atoms with E-state index in [2.05, 4.69) is 25.1 Å². The summed E-state index contributed by atoms with van der Waals surface area (Å²) < 4.78 is 0. The minimum atomic E-state index is 0.0509. The second-order valence-electron chi connectivity index (χ2n) is 5.05. The molecule has 1 atom stereocenters. The molecule has 0 bridgehead atoms. The Kier molecular flexibility index (Phi) is 4.37. The summed E-state index contributed by atoms with van der Waals surface area (Å²) in [6.07, 6.45) is 3.28. The first-order chi connectivity index (χ1) is 8.70. The first-order valence-electron chi connectivity index (χ1n) is 6.66. The van der Waals surface area contributed by atoms with Crippen molar-refractivity contribution in [2.75, 3.05) is 13.2 Å². The van der Waals surface area contributed by atoms with Crippen molar-refractivity contribution in [1.82, 2.24) is 4.90 Å². The SMILES string of the molecule is Cc1cccc(CCC(=O)N2CCC[C@H]2CO)c1. The fraction of sp³-hybridized carbons (Fsp3) is 0.533. The molecule has 0 radical (unpaired) electrons. The van der Waals surface area contributed by atoms with E-state index < -0.39 is 0 Å². The van der Waals surface area contributed by atoms with Crippen LogP contribution in [0.1, 0.15) is 30.4 Å². The molecule has 1 aromatic rings. The Morgan fingerprint density at radius 3 is 3.06 bits per heavy atom. The van der Waals surface area contributed by atoms with E-state index in [0.717, 1.165) is 25.8 Å². The van der Waals surface area contributed by atoms with E-state index in [0.29, 0.717) is 6.42 Å². The molecule has 1 fully saturated rings.